The van der Waals surface area contributed by atoms with Crippen molar-refractivity contribution in [3.05, 3.63) is 0 Å². The molecule has 3 heteroatoms. The number of hydrogen-bond donors (Lipinski definition) is 0. The van der Waals surface area contributed by atoms with E-state index in [9.17, 15) is 0 Å². The van der Waals surface area contributed by atoms with E-state index in [0.29, 0.717) is 0 Å². The maximum absolute atomic E-state index is 2.44. The first-order chi connectivity index (χ1) is 4.27. The van der Waals surface area contributed by atoms with Gasteiger partial charge in [0, 0.05) is 8.80 Å². The first-order valence-corrected chi connectivity index (χ1v) is 7.40. The molecule has 0 aliphatic heterocycles. The summed E-state index contributed by atoms with van der Waals surface area (Å²) in [4.78, 5) is 0. The van der Waals surface area contributed by atoms with Gasteiger partial charge in [-0.1, -0.05) is 51.7 Å². The highest BCUT2D eigenvalue weighted by Gasteiger charge is 1.93. The van der Waals surface area contributed by atoms with E-state index in [-0.39, 0.29) is 19.0 Å². The molecule has 0 atom stereocenters. The van der Waals surface area contributed by atoms with Crippen LogP contribution in [0.5, 0.6) is 0 Å². The Labute approximate surface area is 71.5 Å². The number of unbranched alkanes of at least 4 members (excludes halogenated alkanes) is 3. The summed E-state index contributed by atoms with van der Waals surface area (Å²) >= 11 is 0. The molecule has 0 saturated heterocycles. The van der Waals surface area contributed by atoms with Crippen molar-refractivity contribution in [2.24, 2.45) is 0 Å². The van der Waals surface area contributed by atoms with Gasteiger partial charge in [-0.3, -0.25) is 4.70 Å². The van der Waals surface area contributed by atoms with Crippen LogP contribution in [0.3, 0.4) is 0 Å². The fourth-order valence-electron chi connectivity index (χ4n) is 0.979. The average molecular weight is 182 g/mol. The summed E-state index contributed by atoms with van der Waals surface area (Å²) in [6.45, 7) is 7.14. The maximum Gasteiger partial charge on any atom is 0.0305 e. The van der Waals surface area contributed by atoms with Gasteiger partial charge in [0.15, 0.2) is 0 Å². The van der Waals surface area contributed by atoms with E-state index in [1.165, 1.54) is 25.7 Å². The monoisotopic (exact) mass is 182 g/mol. The van der Waals surface area contributed by atoms with E-state index >= 15 is 0 Å². The summed E-state index contributed by atoms with van der Waals surface area (Å²) in [5, 5.41) is 0. The fourth-order valence-corrected chi connectivity index (χ4v) is 2.08. The molecule has 0 rings (SSSR count). The summed E-state index contributed by atoms with van der Waals surface area (Å²) in [7, 11) is -0.213. The summed E-state index contributed by atoms with van der Waals surface area (Å²) in [6, 6.07) is 1.56. The Balaban J connectivity index is -0.000000320. The largest absolute Gasteiger partial charge is 0.412 e. The second-order valence-corrected chi connectivity index (χ2v) is 6.61. The van der Waals surface area contributed by atoms with Crippen LogP contribution in [0.15, 0.2) is 0 Å². The van der Waals surface area contributed by atoms with Gasteiger partial charge in [-0.15, -0.1) is 0 Å². The summed E-state index contributed by atoms with van der Waals surface area (Å²) in [5.41, 5.74) is 0. The Bertz CT molecular complexity index is 60.1. The van der Waals surface area contributed by atoms with Crippen molar-refractivity contribution in [3.63, 3.8) is 0 Å². The minimum atomic E-state index is -0.213. The van der Waals surface area contributed by atoms with Crippen LogP contribution in [0.4, 0.5) is 4.70 Å². The molecule has 0 aliphatic carbocycles. The van der Waals surface area contributed by atoms with Crippen LogP contribution >= 0.6 is 0 Å². The minimum Gasteiger partial charge on any atom is -0.412 e. The van der Waals surface area contributed by atoms with Crippen molar-refractivity contribution in [3.8, 4) is 0 Å². The van der Waals surface area contributed by atoms with Gasteiger partial charge in [-0.2, -0.15) is 0 Å². The van der Waals surface area contributed by atoms with Gasteiger partial charge in [-0.05, 0) is 0 Å². The van der Waals surface area contributed by atoms with Crippen LogP contribution in [-0.4, -0.2) is 14.3 Å². The molecule has 0 aliphatic rings. The SMILES string of the molecule is CCCCCC[SiH](C)C.F.O. The van der Waals surface area contributed by atoms with Crippen LogP contribution in [0.1, 0.15) is 32.6 Å². The van der Waals surface area contributed by atoms with Gasteiger partial charge in [-0.25, -0.2) is 0 Å². The molecule has 0 heterocycles. The van der Waals surface area contributed by atoms with E-state index in [0.717, 1.165) is 0 Å². The van der Waals surface area contributed by atoms with Gasteiger partial charge in [0.1, 0.15) is 0 Å². The third kappa shape index (κ3) is 17.8. The normalized spacial score (nSPS) is 8.73. The molecule has 11 heavy (non-hydrogen) atoms. The number of halogens is 1. The highest BCUT2D eigenvalue weighted by molar-refractivity contribution is 6.55. The molecule has 0 unspecified atom stereocenters. The predicted molar refractivity (Wildman–Crippen MR) is 53.9 cm³/mol. The lowest BCUT2D eigenvalue weighted by Crippen LogP contribution is -1.97. The molecule has 0 radical (unpaired) electrons. The molecule has 0 bridgehead atoms. The molecule has 0 aromatic heterocycles. The Morgan fingerprint density at radius 2 is 1.55 bits per heavy atom. The molecule has 0 amide bonds. The predicted octanol–water partition coefficient (Wildman–Crippen LogP) is 2.38. The molecule has 0 spiro atoms. The van der Waals surface area contributed by atoms with E-state index in [1.54, 1.807) is 6.04 Å². The van der Waals surface area contributed by atoms with Crippen LogP contribution in [0.25, 0.3) is 0 Å². The van der Waals surface area contributed by atoms with Gasteiger partial charge in [0.2, 0.25) is 0 Å². The average Bonchev–Trinajstić information content (AvgIpc) is 1.80. The van der Waals surface area contributed by atoms with Crippen LogP contribution in [-0.2, 0) is 0 Å². The van der Waals surface area contributed by atoms with Crippen molar-refractivity contribution < 1.29 is 10.2 Å². The van der Waals surface area contributed by atoms with Crippen LogP contribution in [0.2, 0.25) is 19.1 Å². The molecule has 2 N–H and O–H groups in total. The number of hydrogen-bond acceptors (Lipinski definition) is 0. The second-order valence-electron chi connectivity index (χ2n) is 3.24. The zero-order valence-corrected chi connectivity index (χ0v) is 9.18. The molecule has 0 aromatic rings. The highest BCUT2D eigenvalue weighted by atomic mass is 28.3. The number of rotatable bonds is 5. The molecular weight excluding hydrogens is 159 g/mol. The zero-order valence-electron chi connectivity index (χ0n) is 8.02. The molecule has 72 valence electrons. The van der Waals surface area contributed by atoms with E-state index in [2.05, 4.69) is 20.0 Å². The lowest BCUT2D eigenvalue weighted by atomic mass is 10.2. The van der Waals surface area contributed by atoms with Crippen molar-refractivity contribution in [1.82, 2.24) is 0 Å². The lowest BCUT2D eigenvalue weighted by molar-refractivity contribution is 0.699. The third-order valence-corrected chi connectivity index (χ3v) is 3.20. The minimum absolute atomic E-state index is 0. The standard InChI is InChI=1S/C8H20Si.FH.H2O/c1-4-5-6-7-8-9(2)3;;/h9H,4-8H2,1-3H3;1H;1H2. The van der Waals surface area contributed by atoms with Crippen molar-refractivity contribution in [2.45, 2.75) is 51.7 Å². The molecular formula is C8H23FOSi. The van der Waals surface area contributed by atoms with Crippen LogP contribution in [0, 0.1) is 0 Å². The highest BCUT2D eigenvalue weighted by Crippen LogP contribution is 2.05. The maximum atomic E-state index is 2.44. The van der Waals surface area contributed by atoms with Gasteiger partial charge >= 0.3 is 0 Å². The van der Waals surface area contributed by atoms with Crippen LogP contribution < -0.4 is 0 Å². The first-order valence-electron chi connectivity index (χ1n) is 4.27. The van der Waals surface area contributed by atoms with E-state index in [1.807, 2.05) is 0 Å². The smallest absolute Gasteiger partial charge is 0.0305 e. The van der Waals surface area contributed by atoms with E-state index < -0.39 is 0 Å². The Morgan fingerprint density at radius 1 is 1.00 bits per heavy atom. The lowest BCUT2D eigenvalue weighted by Gasteiger charge is -2.00. The topological polar surface area (TPSA) is 31.5 Å². The quantitative estimate of drug-likeness (QED) is 0.462. The molecule has 0 fully saturated rings. The Hall–Kier alpha value is 0.107. The van der Waals surface area contributed by atoms with E-state index in [4.69, 9.17) is 0 Å². The summed E-state index contributed by atoms with van der Waals surface area (Å²) in [5.74, 6) is 0. The molecule has 0 aromatic carbocycles. The summed E-state index contributed by atoms with van der Waals surface area (Å²) < 4.78 is 0. The van der Waals surface area contributed by atoms with Crippen molar-refractivity contribution in [2.75, 3.05) is 0 Å². The van der Waals surface area contributed by atoms with Crippen molar-refractivity contribution in [1.29, 1.82) is 0 Å². The second kappa shape index (κ2) is 12.8. The fraction of sp³-hybridized carbons (Fsp3) is 1.00. The van der Waals surface area contributed by atoms with Gasteiger partial charge in [0.05, 0.1) is 0 Å². The summed E-state index contributed by atoms with van der Waals surface area (Å²) in [6.07, 6.45) is 5.79. The van der Waals surface area contributed by atoms with Gasteiger partial charge in [0.25, 0.3) is 0 Å². The van der Waals surface area contributed by atoms with Gasteiger partial charge < -0.3 is 5.48 Å². The Kier molecular flexibility index (Phi) is 20.0. The third-order valence-electron chi connectivity index (χ3n) is 1.64. The first kappa shape index (κ1) is 17.3. The molecule has 1 nitrogen and oxygen atoms in total. The Morgan fingerprint density at radius 3 is 1.91 bits per heavy atom. The van der Waals surface area contributed by atoms with Crippen molar-refractivity contribution >= 4 is 8.80 Å². The zero-order chi connectivity index (χ0) is 7.11. The molecule has 0 saturated carbocycles.